The van der Waals surface area contributed by atoms with Gasteiger partial charge in [-0.05, 0) is 147 Å². The van der Waals surface area contributed by atoms with Crippen molar-refractivity contribution in [2.75, 3.05) is 0 Å². The molecule has 4 aromatic heterocycles. The van der Waals surface area contributed by atoms with Crippen molar-refractivity contribution in [1.82, 2.24) is 39.0 Å². The molecule has 0 aliphatic heterocycles. The summed E-state index contributed by atoms with van der Waals surface area (Å²) in [6.07, 6.45) is 0. The zero-order valence-corrected chi connectivity index (χ0v) is 36.3. The quantitative estimate of drug-likeness (QED) is 0.153. The summed E-state index contributed by atoms with van der Waals surface area (Å²) in [6.45, 7) is 18.1. The SMILES string of the molecule is [C-]#[N+]c1ccc(-n2c3ccccc3c3cc(-c4nc(C)nc(C)n4)ccc32)cc1-c1cc(-c2ccc(C#N)cc2C)ccc1-n1c2ccccc2c2cc(-c3nc(C)nc(C)n3)ccc21. The minimum Gasteiger partial charge on any atom is -0.309 e. The topological polar surface area (TPSA) is 115 Å². The zero-order valence-electron chi connectivity index (χ0n) is 36.3. The number of fused-ring (bicyclic) bond motifs is 6. The van der Waals surface area contributed by atoms with Crippen LogP contribution < -0.4 is 0 Å². The number of aryl methyl sites for hydroxylation is 5. The second-order valence-corrected chi connectivity index (χ2v) is 16.4. The van der Waals surface area contributed by atoms with Crippen molar-refractivity contribution in [3.63, 3.8) is 0 Å². The monoisotopic (exact) mass is 838 g/mol. The smallest absolute Gasteiger partial charge is 0.195 e. The molecular weight excluding hydrogens is 801 g/mol. The standard InChI is InChI=1S/C55H38N10/c1-31-25-36(30-56)15-20-41(31)37-16-22-53(65-50-14-10-8-12-43(50)46-28-39(18-24-52(46)65)55-62-34(4)59-35(5)63-55)47(26-37)44-29-40(19-21-48(44)57-6)64-49-13-9-7-11-42(49)45-27-38(17-23-51(45)64)54-60-32(2)58-33(3)61-54/h7-29H,1-5H3. The first-order valence-electron chi connectivity index (χ1n) is 21.3. The molecule has 4 heterocycles. The van der Waals surface area contributed by atoms with Crippen LogP contribution in [0.15, 0.2) is 140 Å². The van der Waals surface area contributed by atoms with Gasteiger partial charge in [-0.1, -0.05) is 54.6 Å². The van der Waals surface area contributed by atoms with Gasteiger partial charge in [0.1, 0.15) is 23.3 Å². The van der Waals surface area contributed by atoms with Crippen molar-refractivity contribution in [3.05, 3.63) is 185 Å². The number of hydrogen-bond donors (Lipinski definition) is 0. The van der Waals surface area contributed by atoms with Crippen molar-refractivity contribution >= 4 is 49.3 Å². The first kappa shape index (κ1) is 39.0. The Kier molecular flexibility index (Phi) is 9.12. The molecule has 10 nitrogen and oxygen atoms in total. The molecule has 0 unspecified atom stereocenters. The molecule has 0 bridgehead atoms. The molecule has 0 atom stereocenters. The summed E-state index contributed by atoms with van der Waals surface area (Å²) in [4.78, 5) is 31.7. The van der Waals surface area contributed by atoms with Gasteiger partial charge >= 0.3 is 0 Å². The van der Waals surface area contributed by atoms with Crippen molar-refractivity contribution in [1.29, 1.82) is 5.26 Å². The van der Waals surface area contributed by atoms with Gasteiger partial charge in [-0.2, -0.15) is 5.26 Å². The van der Waals surface area contributed by atoms with Crippen molar-refractivity contribution in [2.45, 2.75) is 34.6 Å². The van der Waals surface area contributed by atoms with Gasteiger partial charge < -0.3 is 9.13 Å². The summed E-state index contributed by atoms with van der Waals surface area (Å²) >= 11 is 0. The highest BCUT2D eigenvalue weighted by Crippen LogP contribution is 2.44. The van der Waals surface area contributed by atoms with E-state index in [0.717, 1.165) is 93.9 Å². The molecule has 0 spiro atoms. The lowest BCUT2D eigenvalue weighted by Crippen LogP contribution is -2.00. The number of para-hydroxylation sites is 2. The van der Waals surface area contributed by atoms with E-state index in [1.165, 1.54) is 0 Å². The molecule has 10 heteroatoms. The van der Waals surface area contributed by atoms with Crippen LogP contribution in [0.5, 0.6) is 0 Å². The molecule has 7 aromatic carbocycles. The van der Waals surface area contributed by atoms with Gasteiger partial charge in [-0.3, -0.25) is 0 Å². The molecule has 0 saturated carbocycles. The highest BCUT2D eigenvalue weighted by atomic mass is 15.0. The van der Waals surface area contributed by atoms with Crippen LogP contribution in [0.2, 0.25) is 0 Å². The highest BCUT2D eigenvalue weighted by molar-refractivity contribution is 6.12. The number of aromatic nitrogens is 8. The second kappa shape index (κ2) is 15.2. The number of nitriles is 1. The molecule has 65 heavy (non-hydrogen) atoms. The van der Waals surface area contributed by atoms with Crippen LogP contribution in [0.1, 0.15) is 34.4 Å². The molecule has 11 rings (SSSR count). The zero-order chi connectivity index (χ0) is 44.5. The fourth-order valence-electron chi connectivity index (χ4n) is 9.40. The van der Waals surface area contributed by atoms with Gasteiger partial charge in [0.25, 0.3) is 0 Å². The van der Waals surface area contributed by atoms with Crippen molar-refractivity contribution in [2.24, 2.45) is 0 Å². The summed E-state index contributed by atoms with van der Waals surface area (Å²) in [5.41, 5.74) is 13.5. The van der Waals surface area contributed by atoms with Crippen LogP contribution in [0, 0.1) is 52.5 Å². The van der Waals surface area contributed by atoms with E-state index in [2.05, 4.69) is 149 Å². The van der Waals surface area contributed by atoms with E-state index in [-0.39, 0.29) is 0 Å². The first-order chi connectivity index (χ1) is 31.6. The molecule has 0 saturated heterocycles. The third-order valence-electron chi connectivity index (χ3n) is 12.1. The van der Waals surface area contributed by atoms with Gasteiger partial charge in [0.2, 0.25) is 0 Å². The Balaban J connectivity index is 1.17. The summed E-state index contributed by atoms with van der Waals surface area (Å²) in [7, 11) is 0. The number of nitrogens with zero attached hydrogens (tertiary/aromatic N) is 10. The van der Waals surface area contributed by atoms with Gasteiger partial charge in [0.15, 0.2) is 17.3 Å². The Hall–Kier alpha value is -8.86. The molecule has 0 N–H and O–H groups in total. The third kappa shape index (κ3) is 6.55. The highest BCUT2D eigenvalue weighted by Gasteiger charge is 2.22. The maximum atomic E-state index is 9.72. The normalized spacial score (nSPS) is 11.4. The van der Waals surface area contributed by atoms with Crippen LogP contribution in [-0.4, -0.2) is 39.0 Å². The Bertz CT molecular complexity index is 3840. The molecule has 0 fully saturated rings. The Morgan fingerprint density at radius 2 is 1.00 bits per heavy atom. The summed E-state index contributed by atoms with van der Waals surface area (Å²) < 4.78 is 4.58. The van der Waals surface area contributed by atoms with E-state index in [1.807, 2.05) is 65.0 Å². The predicted molar refractivity (Wildman–Crippen MR) is 258 cm³/mol. The van der Waals surface area contributed by atoms with E-state index in [0.29, 0.717) is 46.2 Å². The Labute approximate surface area is 374 Å². The van der Waals surface area contributed by atoms with Gasteiger partial charge in [0.05, 0.1) is 46.0 Å². The van der Waals surface area contributed by atoms with Crippen molar-refractivity contribution in [3.8, 4) is 62.5 Å². The summed E-state index contributed by atoms with van der Waals surface area (Å²) in [5.74, 6) is 3.97. The van der Waals surface area contributed by atoms with E-state index >= 15 is 0 Å². The molecule has 11 aromatic rings. The fraction of sp³-hybridized carbons (Fsp3) is 0.0909. The summed E-state index contributed by atoms with van der Waals surface area (Å²) in [6, 6.07) is 50.3. The molecule has 0 radical (unpaired) electrons. The maximum absolute atomic E-state index is 9.72. The fourth-order valence-corrected chi connectivity index (χ4v) is 9.40. The van der Waals surface area contributed by atoms with Crippen LogP contribution in [0.3, 0.4) is 0 Å². The summed E-state index contributed by atoms with van der Waals surface area (Å²) in [5, 5.41) is 14.0. The number of rotatable bonds is 6. The lowest BCUT2D eigenvalue weighted by atomic mass is 9.93. The Morgan fingerprint density at radius 1 is 0.462 bits per heavy atom. The maximum Gasteiger partial charge on any atom is 0.195 e. The average Bonchev–Trinajstić information content (AvgIpc) is 3.82. The lowest BCUT2D eigenvalue weighted by Gasteiger charge is -2.19. The van der Waals surface area contributed by atoms with E-state index in [4.69, 9.17) is 16.5 Å². The van der Waals surface area contributed by atoms with Gasteiger partial charge in [-0.15, -0.1) is 0 Å². The Morgan fingerprint density at radius 3 is 1.57 bits per heavy atom. The van der Waals surface area contributed by atoms with Crippen molar-refractivity contribution < 1.29 is 0 Å². The van der Waals surface area contributed by atoms with E-state index in [1.54, 1.807) is 0 Å². The van der Waals surface area contributed by atoms with E-state index < -0.39 is 0 Å². The minimum atomic E-state index is 0.524. The largest absolute Gasteiger partial charge is 0.309 e. The molecule has 0 aliphatic carbocycles. The molecular formula is C55H38N10. The van der Waals surface area contributed by atoms with Gasteiger partial charge in [-0.25, -0.2) is 34.7 Å². The van der Waals surface area contributed by atoms with Crippen LogP contribution >= 0.6 is 0 Å². The molecule has 308 valence electrons. The average molecular weight is 839 g/mol. The predicted octanol–water partition coefficient (Wildman–Crippen LogP) is 12.9. The van der Waals surface area contributed by atoms with Crippen LogP contribution in [-0.2, 0) is 0 Å². The third-order valence-corrected chi connectivity index (χ3v) is 12.1. The molecule has 0 amide bonds. The first-order valence-corrected chi connectivity index (χ1v) is 21.3. The molecule has 0 aliphatic rings. The number of hydrogen-bond acceptors (Lipinski definition) is 7. The lowest BCUT2D eigenvalue weighted by molar-refractivity contribution is 0.928. The van der Waals surface area contributed by atoms with E-state index in [9.17, 15) is 5.26 Å². The second-order valence-electron chi connectivity index (χ2n) is 16.4. The number of benzene rings is 7. The minimum absolute atomic E-state index is 0.524. The van der Waals surface area contributed by atoms with Gasteiger partial charge in [0, 0.05) is 38.4 Å². The van der Waals surface area contributed by atoms with Crippen LogP contribution in [0.25, 0.3) is 105 Å². The van der Waals surface area contributed by atoms with Crippen LogP contribution in [0.4, 0.5) is 5.69 Å².